The fraction of sp³-hybridized carbons (Fsp3) is 0.625. The average Bonchev–Trinajstić information content (AvgIpc) is 2.97. The number of carbonyl (C=O) groups is 2. The van der Waals surface area contributed by atoms with Gasteiger partial charge in [0.25, 0.3) is 0 Å². The second-order valence-electron chi connectivity index (χ2n) is 6.33. The summed E-state index contributed by atoms with van der Waals surface area (Å²) >= 11 is 0. The van der Waals surface area contributed by atoms with Crippen molar-refractivity contribution in [3.05, 3.63) is 18.0 Å². The first-order valence-electron chi connectivity index (χ1n) is 8.26. The summed E-state index contributed by atoms with van der Waals surface area (Å²) in [7, 11) is 0.257. The number of sulfonamides is 1. The van der Waals surface area contributed by atoms with Gasteiger partial charge in [-0.15, -0.1) is 0 Å². The van der Waals surface area contributed by atoms with E-state index >= 15 is 0 Å². The van der Waals surface area contributed by atoms with Gasteiger partial charge in [-0.05, 0) is 18.9 Å². The van der Waals surface area contributed by atoms with Gasteiger partial charge in [0.15, 0.2) is 0 Å². The fourth-order valence-corrected chi connectivity index (χ4v) is 4.17. The largest absolute Gasteiger partial charge is 0.464 e. The third-order valence-electron chi connectivity index (χ3n) is 4.42. The summed E-state index contributed by atoms with van der Waals surface area (Å²) in [6.07, 6.45) is 6.54. The van der Waals surface area contributed by atoms with Crippen molar-refractivity contribution in [2.75, 3.05) is 20.7 Å². The van der Waals surface area contributed by atoms with Gasteiger partial charge in [-0.1, -0.05) is 19.3 Å². The molecule has 0 unspecified atom stereocenters. The van der Waals surface area contributed by atoms with Gasteiger partial charge in [-0.3, -0.25) is 4.79 Å². The smallest absolute Gasteiger partial charge is 0.354 e. The minimum Gasteiger partial charge on any atom is -0.464 e. The lowest BCUT2D eigenvalue weighted by molar-refractivity contribution is -0.122. The highest BCUT2D eigenvalue weighted by Gasteiger charge is 2.27. The van der Waals surface area contributed by atoms with E-state index in [-0.39, 0.29) is 29.1 Å². The molecule has 0 spiro atoms. The molecular formula is C16H25N3O5S. The molecule has 0 bridgehead atoms. The number of nitrogens with one attached hydrogen (secondary N) is 1. The van der Waals surface area contributed by atoms with E-state index in [4.69, 9.17) is 0 Å². The molecule has 0 aliphatic heterocycles. The number of likely N-dealkylation sites (N-methyl/N-ethyl adjacent to an activating group) is 1. The molecule has 140 valence electrons. The monoisotopic (exact) mass is 371 g/mol. The first kappa shape index (κ1) is 19.5. The Morgan fingerprint density at radius 2 is 1.96 bits per heavy atom. The van der Waals surface area contributed by atoms with E-state index < -0.39 is 16.0 Å². The average molecular weight is 371 g/mol. The van der Waals surface area contributed by atoms with Crippen LogP contribution >= 0.6 is 0 Å². The van der Waals surface area contributed by atoms with Gasteiger partial charge >= 0.3 is 5.97 Å². The van der Waals surface area contributed by atoms with Crippen LogP contribution in [-0.2, 0) is 26.6 Å². The van der Waals surface area contributed by atoms with Crippen LogP contribution in [0.5, 0.6) is 0 Å². The highest BCUT2D eigenvalue weighted by atomic mass is 32.2. The Balaban J connectivity index is 2.05. The number of hydrogen-bond donors (Lipinski definition) is 1. The Hall–Kier alpha value is -1.87. The number of aromatic nitrogens is 1. The quantitative estimate of drug-likeness (QED) is 0.749. The van der Waals surface area contributed by atoms with E-state index in [0.29, 0.717) is 0 Å². The van der Waals surface area contributed by atoms with Crippen LogP contribution in [0.2, 0.25) is 0 Å². The van der Waals surface area contributed by atoms with Crippen LogP contribution in [0, 0.1) is 0 Å². The van der Waals surface area contributed by atoms with Gasteiger partial charge in [0.2, 0.25) is 15.9 Å². The molecule has 1 aliphatic carbocycles. The number of aryl methyl sites for hydroxylation is 1. The third kappa shape index (κ3) is 4.60. The number of nitrogens with zero attached hydrogens (tertiary/aromatic N) is 2. The minimum absolute atomic E-state index is 0.0524. The summed E-state index contributed by atoms with van der Waals surface area (Å²) < 4.78 is 32.2. The van der Waals surface area contributed by atoms with Crippen LogP contribution < -0.4 is 5.32 Å². The van der Waals surface area contributed by atoms with Crippen LogP contribution in [0.3, 0.4) is 0 Å². The predicted molar refractivity (Wildman–Crippen MR) is 91.6 cm³/mol. The van der Waals surface area contributed by atoms with Gasteiger partial charge in [0, 0.05) is 26.3 Å². The Morgan fingerprint density at radius 3 is 2.56 bits per heavy atom. The Bertz CT molecular complexity index is 735. The molecule has 1 fully saturated rings. The molecule has 0 atom stereocenters. The predicted octanol–water partition coefficient (Wildman–Crippen LogP) is 0.881. The summed E-state index contributed by atoms with van der Waals surface area (Å²) in [5.41, 5.74) is 0.126. The zero-order valence-electron chi connectivity index (χ0n) is 14.8. The van der Waals surface area contributed by atoms with Crippen LogP contribution in [0.25, 0.3) is 0 Å². The molecular weight excluding hydrogens is 346 g/mol. The molecule has 1 heterocycles. The highest BCUT2D eigenvalue weighted by molar-refractivity contribution is 7.89. The number of esters is 1. The molecule has 1 aromatic heterocycles. The van der Waals surface area contributed by atoms with Crippen molar-refractivity contribution in [2.24, 2.45) is 7.05 Å². The first-order chi connectivity index (χ1) is 11.8. The number of ether oxygens (including phenoxy) is 1. The number of hydrogen-bond acceptors (Lipinski definition) is 5. The number of rotatable bonds is 6. The lowest BCUT2D eigenvalue weighted by Gasteiger charge is -2.24. The second-order valence-corrected chi connectivity index (χ2v) is 8.37. The van der Waals surface area contributed by atoms with Crippen molar-refractivity contribution < 1.29 is 22.7 Å². The van der Waals surface area contributed by atoms with E-state index in [1.807, 2.05) is 0 Å². The molecule has 9 heteroatoms. The molecule has 1 saturated carbocycles. The summed E-state index contributed by atoms with van der Waals surface area (Å²) in [5, 5.41) is 2.89. The van der Waals surface area contributed by atoms with Crippen molar-refractivity contribution in [3.8, 4) is 0 Å². The van der Waals surface area contributed by atoms with Gasteiger partial charge in [0.1, 0.15) is 10.6 Å². The molecule has 0 aromatic carbocycles. The molecule has 8 nitrogen and oxygen atoms in total. The first-order valence-corrected chi connectivity index (χ1v) is 9.70. The summed E-state index contributed by atoms with van der Waals surface area (Å²) in [5.74, 6) is -0.941. The molecule has 0 radical (unpaired) electrons. The van der Waals surface area contributed by atoms with Crippen molar-refractivity contribution in [1.29, 1.82) is 0 Å². The number of methoxy groups -OCH3 is 1. The topological polar surface area (TPSA) is 97.7 Å². The molecule has 0 saturated heterocycles. The maximum atomic E-state index is 12.6. The fourth-order valence-electron chi connectivity index (χ4n) is 2.97. The molecule has 1 N–H and O–H groups in total. The van der Waals surface area contributed by atoms with E-state index in [1.54, 1.807) is 7.05 Å². The lowest BCUT2D eigenvalue weighted by atomic mass is 9.95. The standard InChI is InChI=1S/C16H25N3O5S/c1-18-10-13(9-14(18)16(21)24-3)25(22,23)19(2)11-15(20)17-12-7-5-4-6-8-12/h9-10,12H,4-8,11H2,1-3H3,(H,17,20). The molecule has 2 rings (SSSR count). The van der Waals surface area contributed by atoms with E-state index in [1.165, 1.54) is 37.4 Å². The molecule has 1 amide bonds. The van der Waals surface area contributed by atoms with Crippen molar-refractivity contribution in [1.82, 2.24) is 14.2 Å². The van der Waals surface area contributed by atoms with Crippen LogP contribution in [0.4, 0.5) is 0 Å². The maximum absolute atomic E-state index is 12.6. The Morgan fingerprint density at radius 1 is 1.32 bits per heavy atom. The van der Waals surface area contributed by atoms with E-state index in [9.17, 15) is 18.0 Å². The van der Waals surface area contributed by atoms with Crippen molar-refractivity contribution in [2.45, 2.75) is 43.0 Å². The summed E-state index contributed by atoms with van der Waals surface area (Å²) in [4.78, 5) is 23.7. The molecule has 25 heavy (non-hydrogen) atoms. The number of amides is 1. The zero-order valence-corrected chi connectivity index (χ0v) is 15.6. The van der Waals surface area contributed by atoms with Crippen LogP contribution in [0.1, 0.15) is 42.6 Å². The SMILES string of the molecule is COC(=O)c1cc(S(=O)(=O)N(C)CC(=O)NC2CCCCC2)cn1C. The van der Waals surface area contributed by atoms with Gasteiger partial charge < -0.3 is 14.6 Å². The Kier molecular flexibility index (Phi) is 6.23. The van der Waals surface area contributed by atoms with Gasteiger partial charge in [0.05, 0.1) is 13.7 Å². The molecule has 1 aromatic rings. The highest BCUT2D eigenvalue weighted by Crippen LogP contribution is 2.19. The van der Waals surface area contributed by atoms with Crippen LogP contribution in [-0.4, -0.2) is 55.9 Å². The van der Waals surface area contributed by atoms with E-state index in [0.717, 1.165) is 30.0 Å². The van der Waals surface area contributed by atoms with E-state index in [2.05, 4.69) is 10.1 Å². The summed E-state index contributed by atoms with van der Waals surface area (Å²) in [6.45, 7) is -0.263. The van der Waals surface area contributed by atoms with Gasteiger partial charge in [-0.25, -0.2) is 13.2 Å². The number of carbonyl (C=O) groups excluding carboxylic acids is 2. The normalized spacial score (nSPS) is 16.0. The van der Waals surface area contributed by atoms with Crippen molar-refractivity contribution >= 4 is 21.9 Å². The molecule has 1 aliphatic rings. The maximum Gasteiger partial charge on any atom is 0.354 e. The second kappa shape index (κ2) is 8.01. The van der Waals surface area contributed by atoms with Gasteiger partial charge in [-0.2, -0.15) is 4.31 Å². The summed E-state index contributed by atoms with van der Waals surface area (Å²) in [6, 6.07) is 1.37. The third-order valence-corrected chi connectivity index (χ3v) is 6.19. The van der Waals surface area contributed by atoms with Crippen LogP contribution in [0.15, 0.2) is 17.2 Å². The van der Waals surface area contributed by atoms with Crippen molar-refractivity contribution in [3.63, 3.8) is 0 Å². The lowest BCUT2D eigenvalue weighted by Crippen LogP contribution is -2.43. The zero-order chi connectivity index (χ0) is 18.6. The Labute approximate surface area is 148 Å². The minimum atomic E-state index is -3.87.